The van der Waals surface area contributed by atoms with E-state index in [9.17, 15) is 8.42 Å². The van der Waals surface area contributed by atoms with E-state index in [-0.39, 0.29) is 5.03 Å². The summed E-state index contributed by atoms with van der Waals surface area (Å²) >= 11 is 0. The second kappa shape index (κ2) is 5.57. The molecule has 0 saturated heterocycles. The van der Waals surface area contributed by atoms with Gasteiger partial charge in [-0.3, -0.25) is 4.68 Å². The maximum Gasteiger partial charge on any atom is 0.280 e. The lowest BCUT2D eigenvalue weighted by Crippen LogP contribution is -2.08. The van der Waals surface area contributed by atoms with Gasteiger partial charge in [0.05, 0.1) is 17.9 Å². The van der Waals surface area contributed by atoms with E-state index in [2.05, 4.69) is 10.1 Å². The van der Waals surface area contributed by atoms with Gasteiger partial charge in [-0.25, -0.2) is 13.4 Å². The second-order valence-corrected chi connectivity index (χ2v) is 7.00. The molecule has 20 heavy (non-hydrogen) atoms. The summed E-state index contributed by atoms with van der Waals surface area (Å²) in [5.41, 5.74) is 2.04. The number of aromatic nitrogens is 4. The first-order valence-corrected chi connectivity index (χ1v) is 8.70. The Kier molecular flexibility index (Phi) is 4.19. The fourth-order valence-electron chi connectivity index (χ4n) is 2.02. The normalized spacial score (nSPS) is 12.0. The van der Waals surface area contributed by atoms with Crippen LogP contribution < -0.4 is 0 Å². The molecule has 0 unspecified atom stereocenters. The van der Waals surface area contributed by atoms with E-state index >= 15 is 0 Å². The van der Waals surface area contributed by atoms with E-state index < -0.39 is 9.05 Å². The highest BCUT2D eigenvalue weighted by atomic mass is 35.7. The van der Waals surface area contributed by atoms with Crippen LogP contribution in [0.2, 0.25) is 0 Å². The lowest BCUT2D eigenvalue weighted by Gasteiger charge is -2.06. The summed E-state index contributed by atoms with van der Waals surface area (Å²) in [5.74, 6) is 0.603. The van der Waals surface area contributed by atoms with Crippen molar-refractivity contribution in [2.75, 3.05) is 0 Å². The van der Waals surface area contributed by atoms with Crippen LogP contribution in [0, 0.1) is 6.92 Å². The molecule has 0 saturated carbocycles. The molecule has 2 aromatic heterocycles. The number of aryl methyl sites for hydroxylation is 3. The average Bonchev–Trinajstić information content (AvgIpc) is 2.93. The minimum atomic E-state index is -3.79. The summed E-state index contributed by atoms with van der Waals surface area (Å²) in [6.07, 6.45) is 2.32. The van der Waals surface area contributed by atoms with Crippen LogP contribution in [0.3, 0.4) is 0 Å². The molecular weight excluding hydrogens is 300 g/mol. The zero-order valence-electron chi connectivity index (χ0n) is 11.7. The molecular formula is C12H17ClN4O2S. The third-order valence-electron chi connectivity index (χ3n) is 3.11. The van der Waals surface area contributed by atoms with Crippen LogP contribution in [0.4, 0.5) is 0 Å². The van der Waals surface area contributed by atoms with Gasteiger partial charge in [-0.15, -0.1) is 0 Å². The van der Waals surface area contributed by atoms with E-state index in [4.69, 9.17) is 10.7 Å². The summed E-state index contributed by atoms with van der Waals surface area (Å²) in [6, 6.07) is 2.03. The van der Waals surface area contributed by atoms with Crippen molar-refractivity contribution in [3.8, 4) is 0 Å². The topological polar surface area (TPSA) is 69.8 Å². The molecule has 0 radical (unpaired) electrons. The summed E-state index contributed by atoms with van der Waals surface area (Å²) in [6.45, 7) is 7.10. The molecule has 0 amide bonds. The van der Waals surface area contributed by atoms with Crippen LogP contribution in [-0.4, -0.2) is 27.7 Å². The molecule has 110 valence electrons. The third kappa shape index (κ3) is 3.04. The molecule has 8 heteroatoms. The van der Waals surface area contributed by atoms with Crippen molar-refractivity contribution in [2.45, 2.75) is 45.3 Å². The van der Waals surface area contributed by atoms with Crippen LogP contribution in [0.1, 0.15) is 31.1 Å². The number of hydrogen-bond acceptors (Lipinski definition) is 4. The molecule has 0 aliphatic rings. The van der Waals surface area contributed by atoms with Crippen LogP contribution in [0.25, 0.3) is 0 Å². The van der Waals surface area contributed by atoms with Gasteiger partial charge in [0.25, 0.3) is 9.05 Å². The van der Waals surface area contributed by atoms with E-state index in [1.54, 1.807) is 11.5 Å². The molecule has 6 nitrogen and oxygen atoms in total. The van der Waals surface area contributed by atoms with Crippen molar-refractivity contribution < 1.29 is 8.42 Å². The number of nitrogens with zero attached hydrogens (tertiary/aromatic N) is 4. The molecule has 2 rings (SSSR count). The first-order chi connectivity index (χ1) is 9.35. The molecule has 0 spiro atoms. The highest BCUT2D eigenvalue weighted by molar-refractivity contribution is 8.13. The van der Waals surface area contributed by atoms with Crippen LogP contribution in [-0.2, 0) is 28.6 Å². The monoisotopic (exact) mass is 316 g/mol. The van der Waals surface area contributed by atoms with Crippen molar-refractivity contribution in [3.05, 3.63) is 29.5 Å². The molecule has 0 aliphatic heterocycles. The number of rotatable bonds is 5. The Morgan fingerprint density at radius 2 is 2.05 bits per heavy atom. The number of halogens is 1. The molecule has 0 aromatic carbocycles. The number of imidazole rings is 1. The SMILES string of the molecule is CCc1cc(Cn2cc(S(=O)(=O)Cl)nc2C)n(CC)n1. The molecule has 2 heterocycles. The van der Waals surface area contributed by atoms with Gasteiger partial charge in [0.1, 0.15) is 5.82 Å². The second-order valence-electron chi connectivity index (χ2n) is 4.49. The van der Waals surface area contributed by atoms with Crippen molar-refractivity contribution in [1.29, 1.82) is 0 Å². The lowest BCUT2D eigenvalue weighted by atomic mass is 10.3. The number of hydrogen-bond donors (Lipinski definition) is 0. The first kappa shape index (κ1) is 15.1. The quantitative estimate of drug-likeness (QED) is 0.790. The molecule has 0 fully saturated rings. The van der Waals surface area contributed by atoms with Crippen LogP contribution in [0.5, 0.6) is 0 Å². The van der Waals surface area contributed by atoms with E-state index in [0.29, 0.717) is 12.4 Å². The Hall–Kier alpha value is -1.34. The summed E-state index contributed by atoms with van der Waals surface area (Å²) in [7, 11) is 1.52. The van der Waals surface area contributed by atoms with Gasteiger partial charge in [0, 0.05) is 23.4 Å². The predicted molar refractivity (Wildman–Crippen MR) is 76.4 cm³/mol. The first-order valence-electron chi connectivity index (χ1n) is 6.39. The summed E-state index contributed by atoms with van der Waals surface area (Å²) < 4.78 is 26.3. The maximum absolute atomic E-state index is 11.3. The zero-order valence-corrected chi connectivity index (χ0v) is 13.2. The van der Waals surface area contributed by atoms with Gasteiger partial charge in [0.15, 0.2) is 5.03 Å². The van der Waals surface area contributed by atoms with Crippen molar-refractivity contribution >= 4 is 19.7 Å². The van der Waals surface area contributed by atoms with Crippen LogP contribution in [0.15, 0.2) is 17.3 Å². The Bertz CT molecular complexity index is 718. The third-order valence-corrected chi connectivity index (χ3v) is 4.28. The average molecular weight is 317 g/mol. The molecule has 0 aliphatic carbocycles. The van der Waals surface area contributed by atoms with E-state index in [1.807, 2.05) is 24.6 Å². The van der Waals surface area contributed by atoms with Crippen molar-refractivity contribution in [2.24, 2.45) is 0 Å². The van der Waals surface area contributed by atoms with Gasteiger partial charge in [-0.1, -0.05) is 6.92 Å². The molecule has 0 bridgehead atoms. The molecule has 2 aromatic rings. The van der Waals surface area contributed by atoms with Crippen LogP contribution >= 0.6 is 10.7 Å². The minimum Gasteiger partial charge on any atom is -0.328 e. The van der Waals surface area contributed by atoms with Gasteiger partial charge in [-0.05, 0) is 26.3 Å². The minimum absolute atomic E-state index is 0.116. The van der Waals surface area contributed by atoms with E-state index in [1.165, 1.54) is 6.20 Å². The van der Waals surface area contributed by atoms with Gasteiger partial charge in [0.2, 0.25) is 0 Å². The summed E-state index contributed by atoms with van der Waals surface area (Å²) in [5, 5.41) is 4.35. The highest BCUT2D eigenvalue weighted by Gasteiger charge is 2.17. The maximum atomic E-state index is 11.3. The molecule has 0 N–H and O–H groups in total. The zero-order chi connectivity index (χ0) is 14.9. The fraction of sp³-hybridized carbons (Fsp3) is 0.500. The van der Waals surface area contributed by atoms with Crippen molar-refractivity contribution in [1.82, 2.24) is 19.3 Å². The van der Waals surface area contributed by atoms with E-state index in [0.717, 1.165) is 24.4 Å². The van der Waals surface area contributed by atoms with Crippen molar-refractivity contribution in [3.63, 3.8) is 0 Å². The van der Waals surface area contributed by atoms with Gasteiger partial charge in [-0.2, -0.15) is 5.10 Å². The van der Waals surface area contributed by atoms with Gasteiger partial charge >= 0.3 is 0 Å². The Morgan fingerprint density at radius 3 is 2.55 bits per heavy atom. The highest BCUT2D eigenvalue weighted by Crippen LogP contribution is 2.16. The largest absolute Gasteiger partial charge is 0.328 e. The fourth-order valence-corrected chi connectivity index (χ4v) is 2.74. The van der Waals surface area contributed by atoms with Gasteiger partial charge < -0.3 is 4.57 Å². The predicted octanol–water partition coefficient (Wildman–Crippen LogP) is 1.95. The Balaban J connectivity index is 2.35. The smallest absolute Gasteiger partial charge is 0.280 e. The molecule has 0 atom stereocenters. The Labute approximate surface area is 122 Å². The lowest BCUT2D eigenvalue weighted by molar-refractivity contribution is 0.590. The Morgan fingerprint density at radius 1 is 1.35 bits per heavy atom. The summed E-state index contributed by atoms with van der Waals surface area (Å²) in [4.78, 5) is 3.97. The standard InChI is InChI=1S/C12H17ClN4O2S/c1-4-10-6-11(17(5-2)15-10)7-16-8-12(14-9(16)3)20(13,18)19/h6,8H,4-5,7H2,1-3H3.